The summed E-state index contributed by atoms with van der Waals surface area (Å²) in [5.74, 6) is -3.14. The van der Waals surface area contributed by atoms with Gasteiger partial charge in [0.2, 0.25) is 0 Å². The first kappa shape index (κ1) is 32.1. The van der Waals surface area contributed by atoms with Crippen molar-refractivity contribution < 1.29 is 42.7 Å². The van der Waals surface area contributed by atoms with Gasteiger partial charge in [0.1, 0.15) is 17.1 Å². The molecule has 0 amide bonds. The molecule has 10 heteroatoms. The Hall–Kier alpha value is -1.30. The highest BCUT2D eigenvalue weighted by Crippen LogP contribution is 2.63. The molecule has 2 heterocycles. The van der Waals surface area contributed by atoms with Crippen molar-refractivity contribution in [2.45, 2.75) is 87.4 Å². The van der Waals surface area contributed by atoms with Crippen LogP contribution < -0.4 is 0 Å². The number of hydrogen-bond donors (Lipinski definition) is 2. The van der Waals surface area contributed by atoms with Crippen molar-refractivity contribution in [2.24, 2.45) is 23.2 Å². The first-order valence-corrected chi connectivity index (χ1v) is 16.8. The summed E-state index contributed by atoms with van der Waals surface area (Å²) in [5.41, 5.74) is 0.0205. The number of benzene rings is 1. The van der Waals surface area contributed by atoms with Crippen LogP contribution in [0.3, 0.4) is 0 Å². The Bertz CT molecular complexity index is 1060. The SMILES string of the molecule is CC(C)(C)c1ccc([S+]2CCOCC2)cc1.CC(F)(F)C(=O)OC12CC3CC(C1)C1(OCC(CO)(CO)CO1)C(C3)C2. The Balaban J connectivity index is 0.000000189. The largest absolute Gasteiger partial charge is 0.455 e. The zero-order chi connectivity index (χ0) is 30.4. The lowest BCUT2D eigenvalue weighted by Gasteiger charge is -2.65. The molecule has 2 unspecified atom stereocenters. The number of carbonyl (C=O) groups is 1. The molecule has 4 saturated carbocycles. The van der Waals surface area contributed by atoms with Gasteiger partial charge in [0, 0.05) is 29.7 Å². The molecule has 2 saturated heterocycles. The predicted octanol–water partition coefficient (Wildman–Crippen LogP) is 4.47. The monoisotopic (exact) mass is 613 g/mol. The fourth-order valence-electron chi connectivity index (χ4n) is 7.49. The predicted molar refractivity (Wildman–Crippen MR) is 156 cm³/mol. The number of carbonyl (C=O) groups excluding carboxylic acids is 1. The van der Waals surface area contributed by atoms with Crippen molar-refractivity contribution in [1.82, 2.24) is 0 Å². The highest BCUT2D eigenvalue weighted by molar-refractivity contribution is 7.97. The van der Waals surface area contributed by atoms with Gasteiger partial charge in [-0.2, -0.15) is 8.78 Å². The second-order valence-electron chi connectivity index (χ2n) is 14.2. The molecule has 6 aliphatic rings. The van der Waals surface area contributed by atoms with Gasteiger partial charge < -0.3 is 29.2 Å². The van der Waals surface area contributed by atoms with Crippen LogP contribution >= 0.6 is 0 Å². The summed E-state index contributed by atoms with van der Waals surface area (Å²) >= 11 is 0. The molecule has 4 aliphatic carbocycles. The maximum Gasteiger partial charge on any atom is 0.377 e. The third-order valence-electron chi connectivity index (χ3n) is 9.82. The summed E-state index contributed by atoms with van der Waals surface area (Å²) in [7, 11) is 0.432. The molecule has 42 heavy (non-hydrogen) atoms. The van der Waals surface area contributed by atoms with Gasteiger partial charge >= 0.3 is 11.9 Å². The van der Waals surface area contributed by atoms with Gasteiger partial charge in [0.25, 0.3) is 0 Å². The molecular formula is C32H47F2O7S+. The third-order valence-corrected chi connectivity index (χ3v) is 12.1. The molecule has 2 N–H and O–H groups in total. The third kappa shape index (κ3) is 6.40. The van der Waals surface area contributed by atoms with Crippen LogP contribution in [0.5, 0.6) is 0 Å². The van der Waals surface area contributed by atoms with Crippen LogP contribution in [0.2, 0.25) is 0 Å². The van der Waals surface area contributed by atoms with Crippen LogP contribution in [0.4, 0.5) is 8.78 Å². The second kappa shape index (κ2) is 11.9. The molecule has 6 fully saturated rings. The fourth-order valence-corrected chi connectivity index (χ4v) is 9.33. The van der Waals surface area contributed by atoms with E-state index < -0.39 is 28.7 Å². The molecule has 0 radical (unpaired) electrons. The van der Waals surface area contributed by atoms with E-state index in [1.807, 2.05) is 0 Å². The van der Waals surface area contributed by atoms with Crippen molar-refractivity contribution >= 4 is 16.9 Å². The average molecular weight is 614 g/mol. The van der Waals surface area contributed by atoms with E-state index in [0.717, 1.165) is 26.1 Å². The number of aliphatic hydroxyl groups is 2. The topological polar surface area (TPSA) is 94.5 Å². The van der Waals surface area contributed by atoms with E-state index in [9.17, 15) is 23.8 Å². The smallest absolute Gasteiger partial charge is 0.377 e. The quantitative estimate of drug-likeness (QED) is 0.374. The minimum Gasteiger partial charge on any atom is -0.455 e. The van der Waals surface area contributed by atoms with E-state index >= 15 is 0 Å². The number of rotatable bonds is 5. The summed E-state index contributed by atoms with van der Waals surface area (Å²) in [5, 5.41) is 19.1. The van der Waals surface area contributed by atoms with Crippen LogP contribution in [0.15, 0.2) is 29.2 Å². The summed E-state index contributed by atoms with van der Waals surface area (Å²) in [6, 6.07) is 9.21. The van der Waals surface area contributed by atoms with E-state index in [1.165, 1.54) is 22.0 Å². The Kier molecular flexibility index (Phi) is 9.09. The van der Waals surface area contributed by atoms with Crippen molar-refractivity contribution in [3.63, 3.8) is 0 Å². The molecule has 1 aromatic carbocycles. The molecule has 7 rings (SSSR count). The fraction of sp³-hybridized carbons (Fsp3) is 0.781. The van der Waals surface area contributed by atoms with E-state index in [2.05, 4.69) is 45.0 Å². The Labute approximate surface area is 251 Å². The number of esters is 1. The van der Waals surface area contributed by atoms with Crippen LogP contribution in [-0.2, 0) is 40.1 Å². The summed E-state index contributed by atoms with van der Waals surface area (Å²) in [4.78, 5) is 13.3. The number of hydrogen-bond acceptors (Lipinski definition) is 7. The maximum absolute atomic E-state index is 13.3. The summed E-state index contributed by atoms with van der Waals surface area (Å²) < 4.78 is 49.7. The number of ether oxygens (including phenoxy) is 4. The Morgan fingerprint density at radius 2 is 1.50 bits per heavy atom. The standard InChI is InChI=1S/C18H26F2O6.C14H21OS/c1-15(19,20)14(23)26-17-4-11-2-12(5-17)18(13(3-11)6-17)24-9-16(7-21,8-22)10-25-18;1-14(2,3)12-4-6-13(7-5-12)16-10-8-15-9-11-16/h11-13,21-22H,2-10H2,1H3;4-7H,8-11H2,1-3H3/q;+1. The lowest BCUT2D eigenvalue weighted by Crippen LogP contribution is -2.69. The Morgan fingerprint density at radius 3 is 1.98 bits per heavy atom. The highest BCUT2D eigenvalue weighted by atomic mass is 32.2. The minimum atomic E-state index is -3.50. The molecule has 0 aromatic heterocycles. The van der Waals surface area contributed by atoms with Crippen molar-refractivity contribution in [2.75, 3.05) is 51.1 Å². The highest BCUT2D eigenvalue weighted by Gasteiger charge is 2.67. The van der Waals surface area contributed by atoms with Crippen LogP contribution in [0.1, 0.15) is 65.4 Å². The van der Waals surface area contributed by atoms with Crippen LogP contribution in [-0.4, -0.2) is 84.6 Å². The summed E-state index contributed by atoms with van der Waals surface area (Å²) in [6.07, 6.45) is 3.22. The number of aliphatic hydroxyl groups excluding tert-OH is 2. The van der Waals surface area contributed by atoms with Crippen LogP contribution in [0.25, 0.3) is 0 Å². The zero-order valence-electron chi connectivity index (χ0n) is 25.3. The van der Waals surface area contributed by atoms with Gasteiger partial charge in [-0.25, -0.2) is 4.79 Å². The van der Waals surface area contributed by atoms with E-state index in [-0.39, 0.29) is 43.7 Å². The van der Waals surface area contributed by atoms with Crippen molar-refractivity contribution in [3.05, 3.63) is 29.8 Å². The van der Waals surface area contributed by atoms with Gasteiger partial charge in [-0.3, -0.25) is 0 Å². The first-order valence-electron chi connectivity index (χ1n) is 15.2. The minimum absolute atomic E-state index is 0.0394. The first-order chi connectivity index (χ1) is 19.7. The molecule has 1 aromatic rings. The van der Waals surface area contributed by atoms with Gasteiger partial charge in [-0.05, 0) is 61.1 Å². The van der Waals surface area contributed by atoms with E-state index in [0.29, 0.717) is 43.0 Å². The normalized spacial score (nSPS) is 31.9. The van der Waals surface area contributed by atoms with Crippen LogP contribution in [0, 0.1) is 23.2 Å². The average Bonchev–Trinajstić information content (AvgIpc) is 2.96. The maximum atomic E-state index is 13.3. The number of halogens is 2. The van der Waals surface area contributed by atoms with E-state index in [4.69, 9.17) is 18.9 Å². The molecule has 4 bridgehead atoms. The van der Waals surface area contributed by atoms with Gasteiger partial charge in [-0.15, -0.1) is 0 Å². The Morgan fingerprint density at radius 1 is 0.952 bits per heavy atom. The summed E-state index contributed by atoms with van der Waals surface area (Å²) in [6.45, 7) is 9.14. The molecule has 1 spiro atoms. The molecule has 2 aliphatic heterocycles. The van der Waals surface area contributed by atoms with Crippen molar-refractivity contribution in [1.29, 1.82) is 0 Å². The molecule has 2 atom stereocenters. The zero-order valence-corrected chi connectivity index (χ0v) is 26.2. The molecular weight excluding hydrogens is 566 g/mol. The second-order valence-corrected chi connectivity index (χ2v) is 16.5. The van der Waals surface area contributed by atoms with Gasteiger partial charge in [-0.1, -0.05) is 32.9 Å². The van der Waals surface area contributed by atoms with E-state index in [1.54, 1.807) is 0 Å². The van der Waals surface area contributed by atoms with Gasteiger partial charge in [0.15, 0.2) is 10.7 Å². The van der Waals surface area contributed by atoms with Crippen molar-refractivity contribution in [3.8, 4) is 0 Å². The molecule has 7 nitrogen and oxygen atoms in total. The van der Waals surface area contributed by atoms with Gasteiger partial charge in [0.05, 0.1) is 45.1 Å². The lowest BCUT2D eigenvalue weighted by molar-refractivity contribution is -0.397. The molecule has 236 valence electrons. The number of alkyl halides is 2. The lowest BCUT2D eigenvalue weighted by atomic mass is 9.51.